The molecule has 0 saturated carbocycles. The molecule has 0 aliphatic heterocycles. The first kappa shape index (κ1) is 20.2. The maximum Gasteiger partial charge on any atom is 0.257 e. The molecule has 3 aromatic rings. The highest BCUT2D eigenvalue weighted by Crippen LogP contribution is 2.24. The van der Waals surface area contributed by atoms with Gasteiger partial charge < -0.3 is 20.1 Å². The van der Waals surface area contributed by atoms with Gasteiger partial charge >= 0.3 is 0 Å². The Balaban J connectivity index is 1.66. The minimum Gasteiger partial charge on any atom is -0.497 e. The Hall–Kier alpha value is -3.54. The molecule has 0 fully saturated rings. The number of aromatic nitrogens is 1. The van der Waals surface area contributed by atoms with Gasteiger partial charge in [0.15, 0.2) is 0 Å². The Morgan fingerprint density at radius 3 is 2.03 bits per heavy atom. The molecule has 1 aromatic heterocycles. The SMILES string of the molecule is COc1cc(OC)cc(C(=O)Nc2ccc(Nc3ccc(C(C)C)cc3)cn2)c1. The Labute approximate surface area is 170 Å². The second-order valence-electron chi connectivity index (χ2n) is 6.89. The highest BCUT2D eigenvalue weighted by molar-refractivity contribution is 6.04. The minimum absolute atomic E-state index is 0.292. The zero-order chi connectivity index (χ0) is 20.8. The first-order valence-corrected chi connectivity index (χ1v) is 9.36. The molecule has 0 atom stereocenters. The lowest BCUT2D eigenvalue weighted by atomic mass is 10.0. The molecule has 1 amide bonds. The summed E-state index contributed by atoms with van der Waals surface area (Å²) in [7, 11) is 3.08. The standard InChI is InChI=1S/C23H25N3O3/c1-15(2)16-5-7-18(8-6-16)25-19-9-10-22(24-14-19)26-23(27)17-11-20(28-3)13-21(12-17)29-4/h5-15,25H,1-4H3,(H,24,26,27). The molecule has 0 aliphatic rings. The molecule has 6 heteroatoms. The first-order valence-electron chi connectivity index (χ1n) is 9.36. The number of hydrogen-bond donors (Lipinski definition) is 2. The van der Waals surface area contributed by atoms with Gasteiger partial charge in [0.1, 0.15) is 17.3 Å². The van der Waals surface area contributed by atoms with Gasteiger partial charge in [0, 0.05) is 17.3 Å². The number of carbonyl (C=O) groups excluding carboxylic acids is 1. The van der Waals surface area contributed by atoms with Crippen LogP contribution in [0.4, 0.5) is 17.2 Å². The molecule has 0 radical (unpaired) electrons. The number of nitrogens with zero attached hydrogens (tertiary/aromatic N) is 1. The molecule has 0 unspecified atom stereocenters. The molecule has 0 saturated heterocycles. The number of pyridine rings is 1. The van der Waals surface area contributed by atoms with Crippen LogP contribution in [0.2, 0.25) is 0 Å². The van der Waals surface area contributed by atoms with E-state index in [1.54, 1.807) is 44.7 Å². The van der Waals surface area contributed by atoms with E-state index in [9.17, 15) is 4.79 Å². The Kier molecular flexibility index (Phi) is 6.34. The summed E-state index contributed by atoms with van der Waals surface area (Å²) in [5.41, 5.74) is 3.54. The fourth-order valence-corrected chi connectivity index (χ4v) is 2.79. The topological polar surface area (TPSA) is 72.5 Å². The number of ether oxygens (including phenoxy) is 2. The van der Waals surface area contributed by atoms with E-state index >= 15 is 0 Å². The highest BCUT2D eigenvalue weighted by atomic mass is 16.5. The van der Waals surface area contributed by atoms with Crippen molar-refractivity contribution in [2.45, 2.75) is 19.8 Å². The molecular weight excluding hydrogens is 366 g/mol. The molecule has 0 bridgehead atoms. The van der Waals surface area contributed by atoms with Gasteiger partial charge in [-0.25, -0.2) is 4.98 Å². The molecule has 29 heavy (non-hydrogen) atoms. The molecule has 6 nitrogen and oxygen atoms in total. The number of anilines is 3. The van der Waals surface area contributed by atoms with E-state index in [0.29, 0.717) is 28.8 Å². The number of methoxy groups -OCH3 is 2. The molecule has 2 aromatic carbocycles. The quantitative estimate of drug-likeness (QED) is 0.578. The third-order valence-electron chi connectivity index (χ3n) is 4.48. The highest BCUT2D eigenvalue weighted by Gasteiger charge is 2.11. The smallest absolute Gasteiger partial charge is 0.257 e. The van der Waals surface area contributed by atoms with Crippen molar-refractivity contribution >= 4 is 23.1 Å². The molecule has 3 rings (SSSR count). The van der Waals surface area contributed by atoms with Gasteiger partial charge in [-0.2, -0.15) is 0 Å². The van der Waals surface area contributed by atoms with Crippen molar-refractivity contribution in [3.63, 3.8) is 0 Å². The van der Waals surface area contributed by atoms with Crippen molar-refractivity contribution in [1.29, 1.82) is 0 Å². The van der Waals surface area contributed by atoms with E-state index in [0.717, 1.165) is 11.4 Å². The Morgan fingerprint density at radius 1 is 0.897 bits per heavy atom. The van der Waals surface area contributed by atoms with Crippen LogP contribution in [0, 0.1) is 0 Å². The number of carbonyl (C=O) groups is 1. The lowest BCUT2D eigenvalue weighted by Gasteiger charge is -2.11. The van der Waals surface area contributed by atoms with E-state index in [2.05, 4.69) is 41.6 Å². The second kappa shape index (κ2) is 9.10. The van der Waals surface area contributed by atoms with Crippen LogP contribution in [0.1, 0.15) is 35.7 Å². The van der Waals surface area contributed by atoms with Crippen molar-refractivity contribution in [2.24, 2.45) is 0 Å². The molecule has 1 heterocycles. The Bertz CT molecular complexity index is 945. The summed E-state index contributed by atoms with van der Waals surface area (Å²) in [5.74, 6) is 1.76. The van der Waals surface area contributed by atoms with Crippen molar-refractivity contribution in [1.82, 2.24) is 4.98 Å². The van der Waals surface area contributed by atoms with E-state index in [1.807, 2.05) is 18.2 Å². The Morgan fingerprint density at radius 2 is 1.52 bits per heavy atom. The van der Waals surface area contributed by atoms with Gasteiger partial charge in [-0.1, -0.05) is 26.0 Å². The van der Waals surface area contributed by atoms with Gasteiger partial charge in [-0.3, -0.25) is 4.79 Å². The summed E-state index contributed by atoms with van der Waals surface area (Å²) in [6, 6.07) is 16.9. The van der Waals surface area contributed by atoms with Crippen molar-refractivity contribution in [3.8, 4) is 11.5 Å². The summed E-state index contributed by atoms with van der Waals surface area (Å²) in [6.07, 6.45) is 1.68. The summed E-state index contributed by atoms with van der Waals surface area (Å²) in [4.78, 5) is 16.8. The molecule has 2 N–H and O–H groups in total. The average molecular weight is 391 g/mol. The summed E-state index contributed by atoms with van der Waals surface area (Å²) in [5, 5.41) is 6.09. The monoisotopic (exact) mass is 391 g/mol. The van der Waals surface area contributed by atoms with Crippen LogP contribution in [0.25, 0.3) is 0 Å². The lowest BCUT2D eigenvalue weighted by molar-refractivity contribution is 0.102. The fraction of sp³-hybridized carbons (Fsp3) is 0.217. The number of amides is 1. The number of benzene rings is 2. The van der Waals surface area contributed by atoms with E-state index in [4.69, 9.17) is 9.47 Å². The van der Waals surface area contributed by atoms with Gasteiger partial charge in [0.2, 0.25) is 0 Å². The van der Waals surface area contributed by atoms with Crippen molar-refractivity contribution in [3.05, 3.63) is 71.9 Å². The molecular formula is C23H25N3O3. The lowest BCUT2D eigenvalue weighted by Crippen LogP contribution is -2.13. The number of nitrogens with one attached hydrogen (secondary N) is 2. The van der Waals surface area contributed by atoms with Crippen LogP contribution in [0.5, 0.6) is 11.5 Å². The minimum atomic E-state index is -0.292. The van der Waals surface area contributed by atoms with Gasteiger partial charge in [0.05, 0.1) is 26.1 Å². The van der Waals surface area contributed by atoms with Crippen LogP contribution < -0.4 is 20.1 Å². The summed E-state index contributed by atoms with van der Waals surface area (Å²) in [6.45, 7) is 4.34. The molecule has 150 valence electrons. The number of rotatable bonds is 7. The third-order valence-corrected chi connectivity index (χ3v) is 4.48. The fourth-order valence-electron chi connectivity index (χ4n) is 2.79. The molecule has 0 aliphatic carbocycles. The van der Waals surface area contributed by atoms with Crippen LogP contribution in [0.15, 0.2) is 60.8 Å². The average Bonchev–Trinajstić information content (AvgIpc) is 2.75. The largest absolute Gasteiger partial charge is 0.497 e. The van der Waals surface area contributed by atoms with Crippen LogP contribution >= 0.6 is 0 Å². The first-order chi connectivity index (χ1) is 14.0. The zero-order valence-corrected chi connectivity index (χ0v) is 17.0. The van der Waals surface area contributed by atoms with Crippen molar-refractivity contribution < 1.29 is 14.3 Å². The van der Waals surface area contributed by atoms with Gasteiger partial charge in [-0.05, 0) is 47.9 Å². The summed E-state index contributed by atoms with van der Waals surface area (Å²) >= 11 is 0. The van der Waals surface area contributed by atoms with Crippen LogP contribution in [0.3, 0.4) is 0 Å². The van der Waals surface area contributed by atoms with Gasteiger partial charge in [-0.15, -0.1) is 0 Å². The normalized spacial score (nSPS) is 10.5. The predicted octanol–water partition coefficient (Wildman–Crippen LogP) is 5.22. The van der Waals surface area contributed by atoms with E-state index < -0.39 is 0 Å². The maximum absolute atomic E-state index is 12.5. The predicted molar refractivity (Wildman–Crippen MR) is 116 cm³/mol. The van der Waals surface area contributed by atoms with Gasteiger partial charge in [0.25, 0.3) is 5.91 Å². The van der Waals surface area contributed by atoms with E-state index in [1.165, 1.54) is 5.56 Å². The second-order valence-corrected chi connectivity index (χ2v) is 6.89. The van der Waals surface area contributed by atoms with Crippen LogP contribution in [-0.2, 0) is 0 Å². The summed E-state index contributed by atoms with van der Waals surface area (Å²) < 4.78 is 10.4. The van der Waals surface area contributed by atoms with Crippen molar-refractivity contribution in [2.75, 3.05) is 24.9 Å². The van der Waals surface area contributed by atoms with Crippen LogP contribution in [-0.4, -0.2) is 25.1 Å². The molecule has 0 spiro atoms. The zero-order valence-electron chi connectivity index (χ0n) is 17.0. The third kappa shape index (κ3) is 5.25. The van der Waals surface area contributed by atoms with E-state index in [-0.39, 0.29) is 5.91 Å². The number of hydrogen-bond acceptors (Lipinski definition) is 5. The maximum atomic E-state index is 12.5.